The van der Waals surface area contributed by atoms with Crippen molar-refractivity contribution >= 4 is 10.0 Å². The summed E-state index contributed by atoms with van der Waals surface area (Å²) >= 11 is 0. The fourth-order valence-electron chi connectivity index (χ4n) is 1.90. The molecule has 1 aliphatic rings. The molecule has 1 rings (SSSR count). The van der Waals surface area contributed by atoms with Crippen molar-refractivity contribution in [2.45, 2.75) is 37.8 Å². The minimum absolute atomic E-state index is 0.169. The molecule has 0 heterocycles. The average Bonchev–Trinajstić information content (AvgIpc) is 2.20. The van der Waals surface area contributed by atoms with Gasteiger partial charge >= 0.3 is 0 Å². The Bertz CT molecular complexity index is 295. The van der Waals surface area contributed by atoms with Gasteiger partial charge in [0, 0.05) is 32.7 Å². The Morgan fingerprint density at radius 1 is 1.25 bits per heavy atom. The summed E-state index contributed by atoms with van der Waals surface area (Å²) in [4.78, 5) is 0. The van der Waals surface area contributed by atoms with Crippen molar-refractivity contribution in [3.8, 4) is 0 Å². The zero-order chi connectivity index (χ0) is 12.2. The normalized spacial score (nSPS) is 27.2. The summed E-state index contributed by atoms with van der Waals surface area (Å²) in [6.07, 6.45) is 4.20. The molecule has 1 aliphatic carbocycles. The van der Waals surface area contributed by atoms with E-state index in [0.717, 1.165) is 25.7 Å². The van der Waals surface area contributed by atoms with Gasteiger partial charge in [-0.1, -0.05) is 0 Å². The van der Waals surface area contributed by atoms with Crippen molar-refractivity contribution < 1.29 is 8.42 Å². The first-order valence-corrected chi connectivity index (χ1v) is 7.42. The van der Waals surface area contributed by atoms with Gasteiger partial charge in [-0.15, -0.1) is 0 Å². The van der Waals surface area contributed by atoms with Gasteiger partial charge in [0.2, 0.25) is 10.0 Å². The highest BCUT2D eigenvalue weighted by Gasteiger charge is 2.19. The summed E-state index contributed by atoms with van der Waals surface area (Å²) in [5.41, 5.74) is 5.80. The van der Waals surface area contributed by atoms with Crippen LogP contribution in [-0.2, 0) is 10.0 Å². The number of hydrogen-bond donors (Lipinski definition) is 2. The van der Waals surface area contributed by atoms with Crippen molar-refractivity contribution in [3.05, 3.63) is 0 Å². The number of nitrogens with two attached hydrogens (primary N) is 1. The van der Waals surface area contributed by atoms with Crippen LogP contribution in [0.15, 0.2) is 0 Å². The molecule has 0 saturated heterocycles. The van der Waals surface area contributed by atoms with E-state index >= 15 is 0 Å². The van der Waals surface area contributed by atoms with Crippen LogP contribution in [-0.4, -0.2) is 51.2 Å². The van der Waals surface area contributed by atoms with Crippen LogP contribution in [0, 0.1) is 0 Å². The maximum Gasteiger partial charge on any atom is 0.214 e. The third-order valence-electron chi connectivity index (χ3n) is 3.12. The van der Waals surface area contributed by atoms with E-state index in [2.05, 4.69) is 5.32 Å². The molecular formula is C10H23N3O2S. The highest BCUT2D eigenvalue weighted by atomic mass is 32.2. The minimum Gasteiger partial charge on any atom is -0.328 e. The second-order valence-electron chi connectivity index (χ2n) is 4.66. The van der Waals surface area contributed by atoms with Crippen molar-refractivity contribution in [2.75, 3.05) is 26.4 Å². The SMILES string of the molecule is CN(C)S(=O)(=O)CCNC1CCC(N)CC1. The van der Waals surface area contributed by atoms with Gasteiger partial charge in [-0.05, 0) is 25.7 Å². The molecule has 0 spiro atoms. The molecule has 0 radical (unpaired) electrons. The van der Waals surface area contributed by atoms with E-state index in [1.54, 1.807) is 14.1 Å². The first kappa shape index (κ1) is 13.9. The van der Waals surface area contributed by atoms with Crippen LogP contribution in [0.5, 0.6) is 0 Å². The molecule has 1 fully saturated rings. The van der Waals surface area contributed by atoms with Crippen LogP contribution in [0.3, 0.4) is 0 Å². The van der Waals surface area contributed by atoms with E-state index < -0.39 is 10.0 Å². The molecule has 96 valence electrons. The van der Waals surface area contributed by atoms with E-state index in [1.165, 1.54) is 4.31 Å². The summed E-state index contributed by atoms with van der Waals surface area (Å²) in [5, 5.41) is 3.29. The molecule has 0 amide bonds. The highest BCUT2D eigenvalue weighted by molar-refractivity contribution is 7.89. The molecule has 0 atom stereocenters. The van der Waals surface area contributed by atoms with E-state index in [4.69, 9.17) is 5.73 Å². The standard InChI is InChI=1S/C10H23N3O2S/c1-13(2)16(14,15)8-7-12-10-5-3-9(11)4-6-10/h9-10,12H,3-8,11H2,1-2H3. The fraction of sp³-hybridized carbons (Fsp3) is 1.00. The van der Waals surface area contributed by atoms with Gasteiger partial charge in [0.25, 0.3) is 0 Å². The third-order valence-corrected chi connectivity index (χ3v) is 4.95. The van der Waals surface area contributed by atoms with E-state index in [0.29, 0.717) is 18.6 Å². The van der Waals surface area contributed by atoms with E-state index in [-0.39, 0.29) is 5.75 Å². The second-order valence-corrected chi connectivity index (χ2v) is 6.97. The Morgan fingerprint density at radius 3 is 2.31 bits per heavy atom. The molecule has 5 nitrogen and oxygen atoms in total. The highest BCUT2D eigenvalue weighted by Crippen LogP contribution is 2.16. The molecule has 3 N–H and O–H groups in total. The molecule has 0 aromatic carbocycles. The number of sulfonamides is 1. The number of nitrogens with one attached hydrogen (secondary N) is 1. The fourth-order valence-corrected chi connectivity index (χ4v) is 2.64. The van der Waals surface area contributed by atoms with Gasteiger partial charge in [-0.2, -0.15) is 0 Å². The predicted molar refractivity (Wildman–Crippen MR) is 65.7 cm³/mol. The topological polar surface area (TPSA) is 75.4 Å². The summed E-state index contributed by atoms with van der Waals surface area (Å²) in [6.45, 7) is 0.528. The summed E-state index contributed by atoms with van der Waals surface area (Å²) in [7, 11) is 0.0653. The molecule has 0 bridgehead atoms. The summed E-state index contributed by atoms with van der Waals surface area (Å²) < 4.78 is 24.2. The maximum atomic E-state index is 11.5. The number of hydrogen-bond acceptors (Lipinski definition) is 4. The van der Waals surface area contributed by atoms with Gasteiger partial charge in [0.1, 0.15) is 0 Å². The van der Waals surface area contributed by atoms with Crippen LogP contribution < -0.4 is 11.1 Å². The molecule has 6 heteroatoms. The third kappa shape index (κ3) is 4.37. The Balaban J connectivity index is 2.21. The summed E-state index contributed by atoms with van der Waals surface area (Å²) in [5.74, 6) is 0.169. The van der Waals surface area contributed by atoms with Gasteiger partial charge in [0.05, 0.1) is 5.75 Å². The van der Waals surface area contributed by atoms with Gasteiger partial charge in [0.15, 0.2) is 0 Å². The molecule has 0 aliphatic heterocycles. The van der Waals surface area contributed by atoms with E-state index in [9.17, 15) is 8.42 Å². The molecule has 0 aromatic rings. The van der Waals surface area contributed by atoms with Crippen molar-refractivity contribution in [1.82, 2.24) is 9.62 Å². The van der Waals surface area contributed by atoms with Crippen LogP contribution in [0.4, 0.5) is 0 Å². The molecule has 0 aromatic heterocycles. The lowest BCUT2D eigenvalue weighted by atomic mass is 9.92. The quantitative estimate of drug-likeness (QED) is 0.704. The molecule has 1 saturated carbocycles. The molecular weight excluding hydrogens is 226 g/mol. The first-order chi connectivity index (χ1) is 7.42. The van der Waals surface area contributed by atoms with Gasteiger partial charge in [-0.3, -0.25) is 0 Å². The van der Waals surface area contributed by atoms with E-state index in [1.807, 2.05) is 0 Å². The Labute approximate surface area is 98.4 Å². The predicted octanol–water partition coefficient (Wildman–Crippen LogP) is -0.263. The number of nitrogens with zero attached hydrogens (tertiary/aromatic N) is 1. The number of rotatable bonds is 5. The van der Waals surface area contributed by atoms with Gasteiger partial charge in [-0.25, -0.2) is 12.7 Å². The van der Waals surface area contributed by atoms with Crippen LogP contribution in [0.2, 0.25) is 0 Å². The first-order valence-electron chi connectivity index (χ1n) is 5.81. The lowest BCUT2D eigenvalue weighted by Gasteiger charge is -2.27. The Kier molecular flexibility index (Phi) is 5.17. The van der Waals surface area contributed by atoms with Crippen molar-refractivity contribution in [3.63, 3.8) is 0 Å². The second kappa shape index (κ2) is 5.95. The average molecular weight is 249 g/mol. The smallest absolute Gasteiger partial charge is 0.214 e. The lowest BCUT2D eigenvalue weighted by molar-refractivity contribution is 0.347. The zero-order valence-corrected chi connectivity index (χ0v) is 11.0. The Morgan fingerprint density at radius 2 is 1.81 bits per heavy atom. The van der Waals surface area contributed by atoms with Crippen molar-refractivity contribution in [1.29, 1.82) is 0 Å². The molecule has 0 unspecified atom stereocenters. The van der Waals surface area contributed by atoms with Crippen LogP contribution in [0.25, 0.3) is 0 Å². The minimum atomic E-state index is -3.06. The lowest BCUT2D eigenvalue weighted by Crippen LogP contribution is -2.40. The maximum absolute atomic E-state index is 11.5. The van der Waals surface area contributed by atoms with Crippen LogP contribution in [0.1, 0.15) is 25.7 Å². The Hall–Kier alpha value is -0.170. The summed E-state index contributed by atoms with van der Waals surface area (Å²) in [6, 6.07) is 0.778. The van der Waals surface area contributed by atoms with Gasteiger partial charge < -0.3 is 11.1 Å². The molecule has 16 heavy (non-hydrogen) atoms. The van der Waals surface area contributed by atoms with Crippen molar-refractivity contribution in [2.24, 2.45) is 5.73 Å². The monoisotopic (exact) mass is 249 g/mol. The van der Waals surface area contributed by atoms with Crippen LogP contribution >= 0.6 is 0 Å². The largest absolute Gasteiger partial charge is 0.328 e. The zero-order valence-electron chi connectivity index (χ0n) is 10.1.